The molecule has 1 N–H and O–H groups in total. The van der Waals surface area contributed by atoms with E-state index in [-0.39, 0.29) is 11.7 Å². The second kappa shape index (κ2) is 6.33. The second-order valence-corrected chi connectivity index (χ2v) is 6.20. The van der Waals surface area contributed by atoms with Gasteiger partial charge in [0.2, 0.25) is 5.91 Å². The Morgan fingerprint density at radius 1 is 1.32 bits per heavy atom. The number of carbonyl (C=O) groups excluding carboxylic acids is 1. The molecule has 1 fully saturated rings. The molecule has 1 aromatic carbocycles. The van der Waals surface area contributed by atoms with Gasteiger partial charge in [0.05, 0.1) is 5.75 Å². The predicted octanol–water partition coefficient (Wildman–Crippen LogP) is 3.27. The average Bonchev–Trinajstić information content (AvgIpc) is 2.37. The molecule has 1 aliphatic rings. The van der Waals surface area contributed by atoms with Gasteiger partial charge in [0.25, 0.3) is 0 Å². The third kappa shape index (κ3) is 3.44. The van der Waals surface area contributed by atoms with Crippen LogP contribution in [0.3, 0.4) is 0 Å². The quantitative estimate of drug-likeness (QED) is 0.863. The molecule has 0 aromatic heterocycles. The summed E-state index contributed by atoms with van der Waals surface area (Å²) >= 11 is 1.41. The minimum atomic E-state index is 0.174. The number of rotatable bonds is 3. The van der Waals surface area contributed by atoms with Crippen molar-refractivity contribution in [3.05, 3.63) is 24.3 Å². The van der Waals surface area contributed by atoms with Crippen molar-refractivity contribution in [1.82, 2.24) is 4.90 Å². The first-order chi connectivity index (χ1) is 9.09. The lowest BCUT2D eigenvalue weighted by molar-refractivity contribution is -0.134. The summed E-state index contributed by atoms with van der Waals surface area (Å²) in [5, 5.41) is 9.69. The maximum absolute atomic E-state index is 12.3. The number of para-hydroxylation sites is 1. The van der Waals surface area contributed by atoms with Crippen molar-refractivity contribution in [2.24, 2.45) is 0 Å². The molecule has 1 amide bonds. The Morgan fingerprint density at radius 3 is 2.58 bits per heavy atom. The van der Waals surface area contributed by atoms with Crippen LogP contribution in [0, 0.1) is 0 Å². The monoisotopic (exact) mass is 279 g/mol. The van der Waals surface area contributed by atoms with Crippen molar-refractivity contribution in [1.29, 1.82) is 0 Å². The number of benzene rings is 1. The average molecular weight is 279 g/mol. The van der Waals surface area contributed by atoms with Crippen molar-refractivity contribution >= 4 is 17.7 Å². The summed E-state index contributed by atoms with van der Waals surface area (Å²) in [6, 6.07) is 7.83. The molecule has 0 spiro atoms. The zero-order valence-electron chi connectivity index (χ0n) is 11.5. The highest BCUT2D eigenvalue weighted by atomic mass is 32.2. The molecule has 1 aliphatic heterocycles. The lowest BCUT2D eigenvalue weighted by Crippen LogP contribution is -2.48. The fourth-order valence-electron chi connectivity index (χ4n) is 2.71. The number of phenols is 1. The number of carbonyl (C=O) groups is 1. The van der Waals surface area contributed by atoms with Crippen LogP contribution in [0.5, 0.6) is 5.75 Å². The number of piperidine rings is 1. The van der Waals surface area contributed by atoms with Crippen LogP contribution in [-0.2, 0) is 4.79 Å². The van der Waals surface area contributed by atoms with Gasteiger partial charge in [-0.15, -0.1) is 11.8 Å². The number of likely N-dealkylation sites (tertiary alicyclic amines) is 1. The molecule has 2 unspecified atom stereocenters. The number of hydrogen-bond acceptors (Lipinski definition) is 3. The molecule has 2 atom stereocenters. The molecule has 0 radical (unpaired) electrons. The fraction of sp³-hybridized carbons (Fsp3) is 0.533. The largest absolute Gasteiger partial charge is 0.507 e. The summed E-state index contributed by atoms with van der Waals surface area (Å²) in [6.07, 6.45) is 3.40. The number of hydrogen-bond donors (Lipinski definition) is 1. The third-order valence-corrected chi connectivity index (χ3v) is 4.75. The molecule has 0 saturated carbocycles. The topological polar surface area (TPSA) is 40.5 Å². The molecule has 4 heteroatoms. The van der Waals surface area contributed by atoms with Gasteiger partial charge in [0, 0.05) is 17.0 Å². The van der Waals surface area contributed by atoms with E-state index < -0.39 is 0 Å². The molecular weight excluding hydrogens is 258 g/mol. The van der Waals surface area contributed by atoms with E-state index in [4.69, 9.17) is 0 Å². The first kappa shape index (κ1) is 14.3. The van der Waals surface area contributed by atoms with E-state index in [2.05, 4.69) is 13.8 Å². The maximum Gasteiger partial charge on any atom is 0.233 e. The summed E-state index contributed by atoms with van der Waals surface area (Å²) in [7, 11) is 0. The van der Waals surface area contributed by atoms with Gasteiger partial charge < -0.3 is 10.0 Å². The van der Waals surface area contributed by atoms with Crippen LogP contribution in [0.4, 0.5) is 0 Å². The van der Waals surface area contributed by atoms with Crippen molar-refractivity contribution in [2.75, 3.05) is 5.75 Å². The molecule has 0 aliphatic carbocycles. The van der Waals surface area contributed by atoms with Gasteiger partial charge in [0.15, 0.2) is 0 Å². The zero-order valence-corrected chi connectivity index (χ0v) is 12.3. The van der Waals surface area contributed by atoms with Crippen LogP contribution < -0.4 is 0 Å². The van der Waals surface area contributed by atoms with E-state index in [9.17, 15) is 9.90 Å². The van der Waals surface area contributed by atoms with Crippen molar-refractivity contribution in [2.45, 2.75) is 50.1 Å². The lowest BCUT2D eigenvalue weighted by Gasteiger charge is -2.39. The van der Waals surface area contributed by atoms with E-state index >= 15 is 0 Å². The van der Waals surface area contributed by atoms with Gasteiger partial charge in [-0.2, -0.15) is 0 Å². The summed E-state index contributed by atoms with van der Waals surface area (Å²) in [4.78, 5) is 15.1. The van der Waals surface area contributed by atoms with E-state index in [0.717, 1.165) is 17.7 Å². The van der Waals surface area contributed by atoms with Crippen LogP contribution >= 0.6 is 11.8 Å². The van der Waals surface area contributed by atoms with Crippen molar-refractivity contribution in [3.63, 3.8) is 0 Å². The third-order valence-electron chi connectivity index (χ3n) is 3.70. The van der Waals surface area contributed by atoms with Crippen LogP contribution in [0.15, 0.2) is 29.2 Å². The number of amides is 1. The van der Waals surface area contributed by atoms with Crippen LogP contribution in [0.1, 0.15) is 33.1 Å². The Bertz CT molecular complexity index is 440. The first-order valence-corrected chi connectivity index (χ1v) is 7.80. The Labute approximate surface area is 119 Å². The van der Waals surface area contributed by atoms with Crippen LogP contribution in [0.25, 0.3) is 0 Å². The van der Waals surface area contributed by atoms with E-state index in [1.807, 2.05) is 17.0 Å². The van der Waals surface area contributed by atoms with Crippen LogP contribution in [0.2, 0.25) is 0 Å². The van der Waals surface area contributed by atoms with Gasteiger partial charge in [-0.1, -0.05) is 12.1 Å². The summed E-state index contributed by atoms with van der Waals surface area (Å²) in [6.45, 7) is 4.25. The van der Waals surface area contributed by atoms with Gasteiger partial charge in [-0.05, 0) is 45.2 Å². The maximum atomic E-state index is 12.3. The van der Waals surface area contributed by atoms with E-state index in [1.165, 1.54) is 18.2 Å². The molecule has 3 nitrogen and oxygen atoms in total. The second-order valence-electron chi connectivity index (χ2n) is 5.19. The molecule has 1 heterocycles. The van der Waals surface area contributed by atoms with Crippen molar-refractivity contribution in [3.8, 4) is 5.75 Å². The van der Waals surface area contributed by atoms with Gasteiger partial charge in [-0.3, -0.25) is 4.79 Å². The Hall–Kier alpha value is -1.16. The smallest absolute Gasteiger partial charge is 0.233 e. The number of phenolic OH excluding ortho intramolecular Hbond substituents is 1. The highest BCUT2D eigenvalue weighted by Crippen LogP contribution is 2.29. The van der Waals surface area contributed by atoms with Crippen LogP contribution in [-0.4, -0.2) is 33.8 Å². The number of thioether (sulfide) groups is 1. The fourth-order valence-corrected chi connectivity index (χ4v) is 3.52. The van der Waals surface area contributed by atoms with Crippen molar-refractivity contribution < 1.29 is 9.90 Å². The Balaban J connectivity index is 1.95. The van der Waals surface area contributed by atoms with Gasteiger partial charge in [-0.25, -0.2) is 0 Å². The summed E-state index contributed by atoms with van der Waals surface area (Å²) in [5.74, 6) is 0.819. The zero-order chi connectivity index (χ0) is 13.8. The Morgan fingerprint density at radius 2 is 1.95 bits per heavy atom. The molecule has 19 heavy (non-hydrogen) atoms. The van der Waals surface area contributed by atoms with Gasteiger partial charge >= 0.3 is 0 Å². The lowest BCUT2D eigenvalue weighted by atomic mass is 9.98. The summed E-state index contributed by atoms with van der Waals surface area (Å²) < 4.78 is 0. The molecule has 1 aromatic rings. The summed E-state index contributed by atoms with van der Waals surface area (Å²) in [5.41, 5.74) is 0. The molecule has 0 bridgehead atoms. The molecular formula is C15H21NO2S. The van der Waals surface area contributed by atoms with E-state index in [1.54, 1.807) is 12.1 Å². The van der Waals surface area contributed by atoms with E-state index in [0.29, 0.717) is 17.8 Å². The SMILES string of the molecule is CC1CCCC(C)N1C(=O)CSc1ccccc1O. The van der Waals surface area contributed by atoms with Gasteiger partial charge in [0.1, 0.15) is 5.75 Å². The molecule has 104 valence electrons. The highest BCUT2D eigenvalue weighted by molar-refractivity contribution is 8.00. The normalized spacial score (nSPS) is 23.4. The number of aromatic hydroxyl groups is 1. The highest BCUT2D eigenvalue weighted by Gasteiger charge is 2.28. The Kier molecular flexibility index (Phi) is 4.75. The minimum Gasteiger partial charge on any atom is -0.507 e. The molecule has 2 rings (SSSR count). The first-order valence-electron chi connectivity index (χ1n) is 6.81. The minimum absolute atomic E-state index is 0.174. The molecule has 1 saturated heterocycles. The predicted molar refractivity (Wildman–Crippen MR) is 78.5 cm³/mol. The standard InChI is InChI=1S/C15H21NO2S/c1-11-6-5-7-12(2)16(11)15(18)10-19-14-9-4-3-8-13(14)17/h3-4,8-9,11-12,17H,5-7,10H2,1-2H3. The number of nitrogens with zero attached hydrogens (tertiary/aromatic N) is 1.